The van der Waals surface area contributed by atoms with Crippen molar-refractivity contribution < 1.29 is 4.74 Å². The van der Waals surface area contributed by atoms with Crippen LogP contribution in [0.5, 0.6) is 11.5 Å². The Morgan fingerprint density at radius 2 is 1.95 bits per heavy atom. The van der Waals surface area contributed by atoms with Gasteiger partial charge in [0.15, 0.2) is 0 Å². The SMILES string of the molecule is CCNCc1ccc(Oc2ccccc2I)c(Cl)c1. The summed E-state index contributed by atoms with van der Waals surface area (Å²) in [4.78, 5) is 0. The molecule has 0 amide bonds. The van der Waals surface area contributed by atoms with Gasteiger partial charge in [0.2, 0.25) is 0 Å². The maximum absolute atomic E-state index is 6.26. The van der Waals surface area contributed by atoms with Gasteiger partial charge >= 0.3 is 0 Å². The molecule has 0 bridgehead atoms. The molecule has 2 aromatic carbocycles. The van der Waals surface area contributed by atoms with Crippen molar-refractivity contribution in [3.63, 3.8) is 0 Å². The lowest BCUT2D eigenvalue weighted by Gasteiger charge is -2.10. The third kappa shape index (κ3) is 4.09. The van der Waals surface area contributed by atoms with Gasteiger partial charge in [-0.2, -0.15) is 0 Å². The summed E-state index contributed by atoms with van der Waals surface area (Å²) in [6.07, 6.45) is 0. The van der Waals surface area contributed by atoms with Gasteiger partial charge in [0.05, 0.1) is 8.59 Å². The molecule has 0 saturated carbocycles. The third-order valence-electron chi connectivity index (χ3n) is 2.63. The van der Waals surface area contributed by atoms with Crippen molar-refractivity contribution in [2.45, 2.75) is 13.5 Å². The van der Waals surface area contributed by atoms with Crippen LogP contribution >= 0.6 is 34.2 Å². The van der Waals surface area contributed by atoms with E-state index in [-0.39, 0.29) is 0 Å². The lowest BCUT2D eigenvalue weighted by Crippen LogP contribution is -2.11. The zero-order valence-corrected chi connectivity index (χ0v) is 13.5. The Morgan fingerprint density at radius 1 is 1.16 bits per heavy atom. The second-order valence-corrected chi connectivity index (χ2v) is 5.65. The molecule has 100 valence electrons. The molecule has 2 rings (SSSR count). The predicted molar refractivity (Wildman–Crippen MR) is 88.1 cm³/mol. The fourth-order valence-electron chi connectivity index (χ4n) is 1.65. The van der Waals surface area contributed by atoms with Crippen LogP contribution in [-0.4, -0.2) is 6.54 Å². The standard InChI is InChI=1S/C15H15ClINO/c1-2-18-10-11-7-8-14(12(16)9-11)19-15-6-4-3-5-13(15)17/h3-9,18H,2,10H2,1H3. The summed E-state index contributed by atoms with van der Waals surface area (Å²) < 4.78 is 6.90. The van der Waals surface area contributed by atoms with Crippen LogP contribution in [0.3, 0.4) is 0 Å². The molecular weight excluding hydrogens is 373 g/mol. The summed E-state index contributed by atoms with van der Waals surface area (Å²) in [6.45, 7) is 3.84. The highest BCUT2D eigenvalue weighted by Gasteiger charge is 2.06. The van der Waals surface area contributed by atoms with Crippen molar-refractivity contribution in [3.8, 4) is 11.5 Å². The number of halogens is 2. The molecule has 0 unspecified atom stereocenters. The lowest BCUT2D eigenvalue weighted by atomic mass is 10.2. The molecule has 0 aliphatic carbocycles. The average molecular weight is 388 g/mol. The Balaban J connectivity index is 2.15. The fraction of sp³-hybridized carbons (Fsp3) is 0.200. The summed E-state index contributed by atoms with van der Waals surface area (Å²) in [5, 5.41) is 3.90. The molecular formula is C15H15ClINO. The molecule has 1 N–H and O–H groups in total. The Hall–Kier alpha value is -0.780. The quantitative estimate of drug-likeness (QED) is 0.741. The highest BCUT2D eigenvalue weighted by Crippen LogP contribution is 2.32. The molecule has 0 atom stereocenters. The van der Waals surface area contributed by atoms with Gasteiger partial charge in [-0.25, -0.2) is 0 Å². The maximum atomic E-state index is 6.26. The monoisotopic (exact) mass is 387 g/mol. The van der Waals surface area contributed by atoms with Crippen molar-refractivity contribution in [1.82, 2.24) is 5.32 Å². The van der Waals surface area contributed by atoms with Crippen LogP contribution in [0, 0.1) is 3.57 Å². The smallest absolute Gasteiger partial charge is 0.146 e. The predicted octanol–water partition coefficient (Wildman–Crippen LogP) is 4.85. The van der Waals surface area contributed by atoms with Gasteiger partial charge in [-0.15, -0.1) is 0 Å². The first-order chi connectivity index (χ1) is 9.20. The van der Waals surface area contributed by atoms with Crippen LogP contribution in [0.4, 0.5) is 0 Å². The van der Waals surface area contributed by atoms with Crippen LogP contribution in [0.25, 0.3) is 0 Å². The van der Waals surface area contributed by atoms with Crippen LogP contribution < -0.4 is 10.1 Å². The molecule has 4 heteroatoms. The van der Waals surface area contributed by atoms with E-state index in [9.17, 15) is 0 Å². The van der Waals surface area contributed by atoms with E-state index in [0.717, 1.165) is 28.0 Å². The molecule has 0 saturated heterocycles. The molecule has 0 aliphatic rings. The summed E-state index contributed by atoms with van der Waals surface area (Å²) in [6, 6.07) is 13.8. The summed E-state index contributed by atoms with van der Waals surface area (Å²) in [5.41, 5.74) is 1.15. The normalized spacial score (nSPS) is 10.5. The van der Waals surface area contributed by atoms with Crippen LogP contribution in [0.1, 0.15) is 12.5 Å². The van der Waals surface area contributed by atoms with E-state index in [0.29, 0.717) is 10.8 Å². The van der Waals surface area contributed by atoms with E-state index in [1.54, 1.807) is 0 Å². The number of nitrogens with one attached hydrogen (secondary N) is 1. The zero-order chi connectivity index (χ0) is 13.7. The van der Waals surface area contributed by atoms with Gasteiger partial charge in [-0.05, 0) is 59.0 Å². The molecule has 0 aliphatic heterocycles. The van der Waals surface area contributed by atoms with Crippen LogP contribution in [-0.2, 0) is 6.54 Å². The summed E-state index contributed by atoms with van der Waals surface area (Å²) in [5.74, 6) is 1.51. The van der Waals surface area contributed by atoms with Gasteiger partial charge in [0.1, 0.15) is 11.5 Å². The number of hydrogen-bond acceptors (Lipinski definition) is 2. The van der Waals surface area contributed by atoms with E-state index in [4.69, 9.17) is 16.3 Å². The van der Waals surface area contributed by atoms with E-state index < -0.39 is 0 Å². The van der Waals surface area contributed by atoms with E-state index in [2.05, 4.69) is 34.8 Å². The zero-order valence-electron chi connectivity index (χ0n) is 10.6. The van der Waals surface area contributed by atoms with Crippen molar-refractivity contribution in [2.75, 3.05) is 6.54 Å². The maximum Gasteiger partial charge on any atom is 0.146 e. The van der Waals surface area contributed by atoms with Gasteiger partial charge < -0.3 is 10.1 Å². The number of rotatable bonds is 5. The van der Waals surface area contributed by atoms with Crippen LogP contribution in [0.15, 0.2) is 42.5 Å². The molecule has 0 spiro atoms. The number of benzene rings is 2. The largest absolute Gasteiger partial charge is 0.455 e. The molecule has 2 nitrogen and oxygen atoms in total. The van der Waals surface area contributed by atoms with Gasteiger partial charge in [-0.3, -0.25) is 0 Å². The molecule has 0 aromatic heterocycles. The molecule has 0 fully saturated rings. The topological polar surface area (TPSA) is 21.3 Å². The van der Waals surface area contributed by atoms with E-state index in [1.807, 2.05) is 42.5 Å². The Labute approximate surface area is 132 Å². The van der Waals surface area contributed by atoms with E-state index in [1.165, 1.54) is 0 Å². The van der Waals surface area contributed by atoms with Gasteiger partial charge in [0, 0.05) is 6.54 Å². The van der Waals surface area contributed by atoms with Crippen molar-refractivity contribution in [3.05, 3.63) is 56.6 Å². The van der Waals surface area contributed by atoms with Gasteiger partial charge in [-0.1, -0.05) is 36.7 Å². The number of para-hydroxylation sites is 1. The van der Waals surface area contributed by atoms with Crippen LogP contribution in [0.2, 0.25) is 5.02 Å². The minimum atomic E-state index is 0.634. The van der Waals surface area contributed by atoms with Gasteiger partial charge in [0.25, 0.3) is 0 Å². The van der Waals surface area contributed by atoms with Crippen molar-refractivity contribution in [1.29, 1.82) is 0 Å². The lowest BCUT2D eigenvalue weighted by molar-refractivity contribution is 0.479. The average Bonchev–Trinajstić information content (AvgIpc) is 2.41. The second-order valence-electron chi connectivity index (χ2n) is 4.08. The fourth-order valence-corrected chi connectivity index (χ4v) is 2.39. The molecule has 19 heavy (non-hydrogen) atoms. The number of hydrogen-bond donors (Lipinski definition) is 1. The van der Waals surface area contributed by atoms with Crippen molar-refractivity contribution >= 4 is 34.2 Å². The Kier molecular flexibility index (Phi) is 5.48. The number of ether oxygens (including phenoxy) is 1. The highest BCUT2D eigenvalue weighted by atomic mass is 127. The first-order valence-corrected chi connectivity index (χ1v) is 7.58. The highest BCUT2D eigenvalue weighted by molar-refractivity contribution is 14.1. The third-order valence-corrected chi connectivity index (χ3v) is 3.82. The first kappa shape index (κ1) is 14.6. The van der Waals surface area contributed by atoms with Crippen molar-refractivity contribution in [2.24, 2.45) is 0 Å². The summed E-state index contributed by atoms with van der Waals surface area (Å²) >= 11 is 8.50. The summed E-state index contributed by atoms with van der Waals surface area (Å²) in [7, 11) is 0. The first-order valence-electron chi connectivity index (χ1n) is 6.12. The minimum Gasteiger partial charge on any atom is -0.455 e. The van der Waals surface area contributed by atoms with E-state index >= 15 is 0 Å². The molecule has 0 heterocycles. The molecule has 2 aromatic rings. The Morgan fingerprint density at radius 3 is 2.63 bits per heavy atom. The Bertz CT molecular complexity index is 560. The second kappa shape index (κ2) is 7.12. The minimum absolute atomic E-state index is 0.634. The molecule has 0 radical (unpaired) electrons.